The molecule has 6 heteroatoms. The molecule has 114 valence electrons. The SMILES string of the molecule is CCCNC(=O)C1CC1C(=O)NCCN1CCOCC1. The van der Waals surface area contributed by atoms with Gasteiger partial charge < -0.3 is 15.4 Å². The molecule has 1 aliphatic carbocycles. The van der Waals surface area contributed by atoms with Gasteiger partial charge in [-0.1, -0.05) is 6.92 Å². The predicted octanol–water partition coefficient (Wildman–Crippen LogP) is -0.403. The van der Waals surface area contributed by atoms with Gasteiger partial charge in [-0.2, -0.15) is 0 Å². The lowest BCUT2D eigenvalue weighted by molar-refractivity contribution is -0.127. The minimum atomic E-state index is -0.114. The third-order valence-corrected chi connectivity index (χ3v) is 3.84. The van der Waals surface area contributed by atoms with Crippen molar-refractivity contribution >= 4 is 11.8 Å². The van der Waals surface area contributed by atoms with Crippen molar-refractivity contribution in [2.45, 2.75) is 19.8 Å². The van der Waals surface area contributed by atoms with E-state index in [1.807, 2.05) is 6.92 Å². The molecule has 2 fully saturated rings. The Hall–Kier alpha value is -1.14. The summed E-state index contributed by atoms with van der Waals surface area (Å²) in [5.41, 5.74) is 0. The van der Waals surface area contributed by atoms with Crippen molar-refractivity contribution in [2.24, 2.45) is 11.8 Å². The molecule has 1 saturated carbocycles. The van der Waals surface area contributed by atoms with Gasteiger partial charge in [-0.25, -0.2) is 0 Å². The second-order valence-electron chi connectivity index (χ2n) is 5.48. The third kappa shape index (κ3) is 4.45. The van der Waals surface area contributed by atoms with Crippen molar-refractivity contribution < 1.29 is 14.3 Å². The number of hydrogen-bond acceptors (Lipinski definition) is 4. The van der Waals surface area contributed by atoms with Crippen LogP contribution in [0.25, 0.3) is 0 Å². The van der Waals surface area contributed by atoms with E-state index in [9.17, 15) is 9.59 Å². The Kier molecular flexibility index (Phi) is 5.79. The summed E-state index contributed by atoms with van der Waals surface area (Å²) in [4.78, 5) is 25.9. The van der Waals surface area contributed by atoms with E-state index >= 15 is 0 Å². The Balaban J connectivity index is 1.58. The summed E-state index contributed by atoms with van der Waals surface area (Å²) in [6.07, 6.45) is 1.62. The highest BCUT2D eigenvalue weighted by molar-refractivity contribution is 5.92. The first-order chi connectivity index (χ1) is 9.72. The molecule has 1 aliphatic heterocycles. The van der Waals surface area contributed by atoms with Crippen LogP contribution >= 0.6 is 0 Å². The zero-order valence-corrected chi connectivity index (χ0v) is 12.2. The highest BCUT2D eigenvalue weighted by atomic mass is 16.5. The van der Waals surface area contributed by atoms with Crippen LogP contribution in [0.1, 0.15) is 19.8 Å². The molecule has 2 amide bonds. The normalized spacial score (nSPS) is 26.1. The average Bonchev–Trinajstić information content (AvgIpc) is 3.26. The highest BCUT2D eigenvalue weighted by Crippen LogP contribution is 2.38. The van der Waals surface area contributed by atoms with E-state index in [2.05, 4.69) is 15.5 Å². The number of ether oxygens (including phenoxy) is 1. The molecular formula is C14H25N3O3. The van der Waals surface area contributed by atoms with Crippen LogP contribution in [0.5, 0.6) is 0 Å². The lowest BCUT2D eigenvalue weighted by Gasteiger charge is -2.26. The smallest absolute Gasteiger partial charge is 0.223 e. The second-order valence-corrected chi connectivity index (χ2v) is 5.48. The van der Waals surface area contributed by atoms with Crippen molar-refractivity contribution in [1.29, 1.82) is 0 Å². The Morgan fingerprint density at radius 3 is 2.30 bits per heavy atom. The molecule has 2 N–H and O–H groups in total. The van der Waals surface area contributed by atoms with Crippen LogP contribution in [0, 0.1) is 11.8 Å². The van der Waals surface area contributed by atoms with Crippen LogP contribution in [-0.2, 0) is 14.3 Å². The summed E-state index contributed by atoms with van der Waals surface area (Å²) in [6.45, 7) is 7.63. The molecule has 0 aromatic carbocycles. The number of rotatable bonds is 7. The Morgan fingerprint density at radius 1 is 1.10 bits per heavy atom. The topological polar surface area (TPSA) is 70.7 Å². The maximum absolute atomic E-state index is 11.9. The molecule has 6 nitrogen and oxygen atoms in total. The summed E-state index contributed by atoms with van der Waals surface area (Å²) in [5, 5.41) is 5.78. The molecule has 0 bridgehead atoms. The fourth-order valence-corrected chi connectivity index (χ4v) is 2.45. The number of hydrogen-bond donors (Lipinski definition) is 2. The molecule has 0 aromatic heterocycles. The van der Waals surface area contributed by atoms with Gasteiger partial charge in [0.05, 0.1) is 25.0 Å². The monoisotopic (exact) mass is 283 g/mol. The van der Waals surface area contributed by atoms with Crippen molar-refractivity contribution in [3.8, 4) is 0 Å². The molecule has 2 rings (SSSR count). The van der Waals surface area contributed by atoms with Crippen molar-refractivity contribution in [3.05, 3.63) is 0 Å². The number of nitrogens with zero attached hydrogens (tertiary/aromatic N) is 1. The fourth-order valence-electron chi connectivity index (χ4n) is 2.45. The summed E-state index contributed by atoms with van der Waals surface area (Å²) in [5.74, 6) is -0.170. The van der Waals surface area contributed by atoms with E-state index in [1.165, 1.54) is 0 Å². The minimum absolute atomic E-state index is 0.0231. The van der Waals surface area contributed by atoms with Gasteiger partial charge in [0.15, 0.2) is 0 Å². The zero-order valence-electron chi connectivity index (χ0n) is 12.2. The zero-order chi connectivity index (χ0) is 14.4. The summed E-state index contributed by atoms with van der Waals surface area (Å²) < 4.78 is 5.27. The standard InChI is InChI=1S/C14H25N3O3/c1-2-3-15-13(18)11-10-12(11)14(19)16-4-5-17-6-8-20-9-7-17/h11-12H,2-10H2,1H3,(H,15,18)(H,16,19). The first-order valence-corrected chi connectivity index (χ1v) is 7.58. The van der Waals surface area contributed by atoms with Gasteiger partial charge in [0, 0.05) is 32.7 Å². The Bertz CT molecular complexity index is 343. The fraction of sp³-hybridized carbons (Fsp3) is 0.857. The summed E-state index contributed by atoms with van der Waals surface area (Å²) >= 11 is 0. The molecule has 0 radical (unpaired) electrons. The predicted molar refractivity (Wildman–Crippen MR) is 75.2 cm³/mol. The van der Waals surface area contributed by atoms with Crippen molar-refractivity contribution in [1.82, 2.24) is 15.5 Å². The molecule has 0 aromatic rings. The van der Waals surface area contributed by atoms with Gasteiger partial charge in [-0.15, -0.1) is 0 Å². The van der Waals surface area contributed by atoms with Crippen LogP contribution in [0.2, 0.25) is 0 Å². The Labute approximate surface area is 120 Å². The van der Waals surface area contributed by atoms with E-state index in [-0.39, 0.29) is 23.7 Å². The van der Waals surface area contributed by atoms with E-state index in [1.54, 1.807) is 0 Å². The molecule has 20 heavy (non-hydrogen) atoms. The van der Waals surface area contributed by atoms with E-state index in [0.29, 0.717) is 19.5 Å². The van der Waals surface area contributed by atoms with Crippen LogP contribution in [0.3, 0.4) is 0 Å². The van der Waals surface area contributed by atoms with Crippen LogP contribution in [0.4, 0.5) is 0 Å². The molecule has 2 atom stereocenters. The lowest BCUT2D eigenvalue weighted by atomic mass is 10.2. The molecule has 1 saturated heterocycles. The number of carbonyl (C=O) groups is 2. The maximum Gasteiger partial charge on any atom is 0.223 e. The number of amides is 2. The minimum Gasteiger partial charge on any atom is -0.379 e. The van der Waals surface area contributed by atoms with Gasteiger partial charge in [-0.05, 0) is 12.8 Å². The van der Waals surface area contributed by atoms with Crippen molar-refractivity contribution in [3.63, 3.8) is 0 Å². The largest absolute Gasteiger partial charge is 0.379 e. The Morgan fingerprint density at radius 2 is 1.70 bits per heavy atom. The molecule has 2 aliphatic rings. The van der Waals surface area contributed by atoms with Gasteiger partial charge in [0.1, 0.15) is 0 Å². The van der Waals surface area contributed by atoms with Gasteiger partial charge >= 0.3 is 0 Å². The summed E-state index contributed by atoms with van der Waals surface area (Å²) in [6, 6.07) is 0. The van der Waals surface area contributed by atoms with Crippen molar-refractivity contribution in [2.75, 3.05) is 45.9 Å². The van der Waals surface area contributed by atoms with E-state index in [4.69, 9.17) is 4.74 Å². The lowest BCUT2D eigenvalue weighted by Crippen LogP contribution is -2.41. The highest BCUT2D eigenvalue weighted by Gasteiger charge is 2.47. The van der Waals surface area contributed by atoms with Crippen LogP contribution < -0.4 is 10.6 Å². The quantitative estimate of drug-likeness (QED) is 0.667. The first kappa shape index (κ1) is 15.3. The summed E-state index contributed by atoms with van der Waals surface area (Å²) in [7, 11) is 0. The van der Waals surface area contributed by atoms with Gasteiger partial charge in [0.2, 0.25) is 11.8 Å². The van der Waals surface area contributed by atoms with E-state index < -0.39 is 0 Å². The maximum atomic E-state index is 11.9. The molecule has 1 heterocycles. The molecule has 0 spiro atoms. The average molecular weight is 283 g/mol. The first-order valence-electron chi connectivity index (χ1n) is 7.58. The molecular weight excluding hydrogens is 258 g/mol. The van der Waals surface area contributed by atoms with Gasteiger partial charge in [0.25, 0.3) is 0 Å². The number of carbonyl (C=O) groups excluding carboxylic acids is 2. The van der Waals surface area contributed by atoms with Crippen LogP contribution in [-0.4, -0.2) is 62.7 Å². The second kappa shape index (κ2) is 7.59. The van der Waals surface area contributed by atoms with Gasteiger partial charge in [-0.3, -0.25) is 14.5 Å². The molecule has 2 unspecified atom stereocenters. The van der Waals surface area contributed by atoms with E-state index in [0.717, 1.165) is 39.3 Å². The van der Waals surface area contributed by atoms with Crippen LogP contribution in [0.15, 0.2) is 0 Å². The number of morpholine rings is 1. The third-order valence-electron chi connectivity index (χ3n) is 3.84. The number of nitrogens with one attached hydrogen (secondary N) is 2.